The molecule has 6 nitrogen and oxygen atoms in total. The number of ether oxygens (including phenoxy) is 4. The molecule has 0 atom stereocenters. The van der Waals surface area contributed by atoms with E-state index >= 15 is 0 Å². The third kappa shape index (κ3) is 3.98. The highest BCUT2D eigenvalue weighted by Gasteiger charge is 2.21. The third-order valence-electron chi connectivity index (χ3n) is 3.28. The quantitative estimate of drug-likeness (QED) is 0.571. The molecular formula is C18H20O6. The predicted octanol–water partition coefficient (Wildman–Crippen LogP) is 2.53. The summed E-state index contributed by atoms with van der Waals surface area (Å²) in [5.41, 5.74) is 1.60. The average molecular weight is 332 g/mol. The van der Waals surface area contributed by atoms with Gasteiger partial charge in [0, 0.05) is 5.56 Å². The second-order valence-corrected chi connectivity index (χ2v) is 4.65. The molecule has 0 bridgehead atoms. The summed E-state index contributed by atoms with van der Waals surface area (Å²) in [4.78, 5) is 0. The summed E-state index contributed by atoms with van der Waals surface area (Å²) in [5, 5.41) is 18.2. The average Bonchev–Trinajstić information content (AvgIpc) is 2.62. The molecule has 0 amide bonds. The van der Waals surface area contributed by atoms with Crippen LogP contribution in [0.2, 0.25) is 0 Å². The summed E-state index contributed by atoms with van der Waals surface area (Å²) in [6, 6.07) is 11.3. The van der Waals surface area contributed by atoms with Crippen LogP contribution in [0.5, 0.6) is 23.0 Å². The van der Waals surface area contributed by atoms with Crippen molar-refractivity contribution < 1.29 is 29.2 Å². The first-order valence-corrected chi connectivity index (χ1v) is 7.24. The molecule has 0 spiro atoms. The summed E-state index contributed by atoms with van der Waals surface area (Å²) in [5.74, 6) is 1.15. The minimum Gasteiger partial charge on any atom is -0.490 e. The first-order valence-electron chi connectivity index (χ1n) is 7.24. The lowest BCUT2D eigenvalue weighted by atomic mass is 10.1. The smallest absolute Gasteiger partial charge is 0.208 e. The van der Waals surface area contributed by atoms with Crippen LogP contribution in [0.3, 0.4) is 0 Å². The van der Waals surface area contributed by atoms with Crippen LogP contribution < -0.4 is 18.9 Å². The van der Waals surface area contributed by atoms with Gasteiger partial charge in [-0.05, 0) is 11.6 Å². The van der Waals surface area contributed by atoms with Crippen molar-refractivity contribution in [3.05, 3.63) is 47.5 Å². The van der Waals surface area contributed by atoms with E-state index in [1.165, 1.54) is 14.2 Å². The molecular weight excluding hydrogens is 312 g/mol. The zero-order chi connectivity index (χ0) is 17.4. The summed E-state index contributed by atoms with van der Waals surface area (Å²) >= 11 is 0. The van der Waals surface area contributed by atoms with E-state index in [1.54, 1.807) is 12.1 Å². The van der Waals surface area contributed by atoms with E-state index in [9.17, 15) is 5.11 Å². The Morgan fingerprint density at radius 3 is 2.08 bits per heavy atom. The second kappa shape index (κ2) is 8.81. The van der Waals surface area contributed by atoms with Gasteiger partial charge in [-0.1, -0.05) is 42.5 Å². The van der Waals surface area contributed by atoms with Crippen LogP contribution in [0.15, 0.2) is 36.4 Å². The van der Waals surface area contributed by atoms with Crippen LogP contribution in [0.25, 0.3) is 12.2 Å². The predicted molar refractivity (Wildman–Crippen MR) is 90.3 cm³/mol. The van der Waals surface area contributed by atoms with Gasteiger partial charge in [-0.2, -0.15) is 0 Å². The van der Waals surface area contributed by atoms with Gasteiger partial charge in [-0.15, -0.1) is 0 Å². The van der Waals surface area contributed by atoms with E-state index in [-0.39, 0.29) is 11.5 Å². The van der Waals surface area contributed by atoms with Gasteiger partial charge in [-0.25, -0.2) is 0 Å². The van der Waals surface area contributed by atoms with Gasteiger partial charge in [0.15, 0.2) is 25.1 Å². The van der Waals surface area contributed by atoms with Crippen molar-refractivity contribution >= 4 is 12.2 Å². The Balaban J connectivity index is 2.54. The molecule has 0 saturated heterocycles. The third-order valence-corrected chi connectivity index (χ3v) is 3.28. The van der Waals surface area contributed by atoms with Crippen LogP contribution in [0.4, 0.5) is 0 Å². The monoisotopic (exact) mass is 332 g/mol. The minimum atomic E-state index is -0.522. The van der Waals surface area contributed by atoms with Gasteiger partial charge in [-0.3, -0.25) is 0 Å². The number of aliphatic hydroxyl groups excluding tert-OH is 2. The summed E-state index contributed by atoms with van der Waals surface area (Å²) in [7, 11) is 2.90. The first kappa shape index (κ1) is 17.7. The van der Waals surface area contributed by atoms with E-state index in [4.69, 9.17) is 24.1 Å². The number of benzene rings is 2. The van der Waals surface area contributed by atoms with E-state index in [1.807, 2.05) is 36.4 Å². The molecule has 2 aromatic carbocycles. The number of hydrogen-bond donors (Lipinski definition) is 2. The van der Waals surface area contributed by atoms with Crippen molar-refractivity contribution in [3.8, 4) is 23.0 Å². The lowest BCUT2D eigenvalue weighted by Gasteiger charge is -2.18. The lowest BCUT2D eigenvalue weighted by molar-refractivity contribution is 0.0889. The fourth-order valence-corrected chi connectivity index (χ4v) is 2.26. The van der Waals surface area contributed by atoms with Gasteiger partial charge in [0.1, 0.15) is 0 Å². The SMILES string of the molecule is COc1c(OCO)cc(/C=C/c2ccccc2)c(OCO)c1OC. The van der Waals surface area contributed by atoms with Crippen LogP contribution in [0, 0.1) is 0 Å². The zero-order valence-electron chi connectivity index (χ0n) is 13.6. The molecule has 128 valence electrons. The number of hydrogen-bond acceptors (Lipinski definition) is 6. The molecule has 24 heavy (non-hydrogen) atoms. The second-order valence-electron chi connectivity index (χ2n) is 4.65. The molecule has 0 aliphatic rings. The molecule has 0 fully saturated rings. The van der Waals surface area contributed by atoms with Crippen LogP contribution in [0.1, 0.15) is 11.1 Å². The first-order chi connectivity index (χ1) is 11.7. The van der Waals surface area contributed by atoms with Crippen LogP contribution in [-0.2, 0) is 0 Å². The maximum Gasteiger partial charge on any atom is 0.208 e. The van der Waals surface area contributed by atoms with E-state index in [0.29, 0.717) is 17.1 Å². The molecule has 0 saturated carbocycles. The number of rotatable bonds is 8. The summed E-state index contributed by atoms with van der Waals surface area (Å²) < 4.78 is 21.1. The highest BCUT2D eigenvalue weighted by atomic mass is 16.6. The number of methoxy groups -OCH3 is 2. The van der Waals surface area contributed by atoms with Crippen molar-refractivity contribution in [3.63, 3.8) is 0 Å². The maximum atomic E-state index is 9.17. The fourth-order valence-electron chi connectivity index (χ4n) is 2.26. The van der Waals surface area contributed by atoms with Crippen molar-refractivity contribution in [2.75, 3.05) is 27.8 Å². The Hall–Kier alpha value is -2.70. The van der Waals surface area contributed by atoms with E-state index in [0.717, 1.165) is 5.56 Å². The standard InChI is InChI=1S/C18H20O6/c1-21-17-15(23-11-19)10-14(16(24-12-20)18(17)22-2)9-8-13-6-4-3-5-7-13/h3-10,19-20H,11-12H2,1-2H3/b9-8+. The Morgan fingerprint density at radius 1 is 0.833 bits per heavy atom. The fraction of sp³-hybridized carbons (Fsp3) is 0.222. The van der Waals surface area contributed by atoms with Gasteiger partial charge < -0.3 is 29.2 Å². The largest absolute Gasteiger partial charge is 0.490 e. The number of aliphatic hydroxyl groups is 2. The molecule has 0 aromatic heterocycles. The molecule has 2 aromatic rings. The van der Waals surface area contributed by atoms with Crippen molar-refractivity contribution in [2.45, 2.75) is 0 Å². The molecule has 0 aliphatic heterocycles. The molecule has 0 heterocycles. The topological polar surface area (TPSA) is 77.4 Å². The van der Waals surface area contributed by atoms with Crippen LogP contribution >= 0.6 is 0 Å². The minimum absolute atomic E-state index is 0.269. The summed E-state index contributed by atoms with van der Waals surface area (Å²) in [6.45, 7) is -1.03. The maximum absolute atomic E-state index is 9.17. The molecule has 0 aliphatic carbocycles. The van der Waals surface area contributed by atoms with Crippen molar-refractivity contribution in [1.82, 2.24) is 0 Å². The molecule has 2 rings (SSSR count). The van der Waals surface area contributed by atoms with Gasteiger partial charge in [0.2, 0.25) is 11.5 Å². The lowest BCUT2D eigenvalue weighted by Crippen LogP contribution is -2.04. The Kier molecular flexibility index (Phi) is 6.48. The Bertz CT molecular complexity index is 682. The van der Waals surface area contributed by atoms with E-state index in [2.05, 4.69) is 0 Å². The Morgan fingerprint density at radius 2 is 1.50 bits per heavy atom. The molecule has 0 radical (unpaired) electrons. The van der Waals surface area contributed by atoms with Crippen molar-refractivity contribution in [2.24, 2.45) is 0 Å². The highest BCUT2D eigenvalue weighted by Crippen LogP contribution is 2.47. The normalized spacial score (nSPS) is 10.7. The Labute approximate surface area is 140 Å². The van der Waals surface area contributed by atoms with Gasteiger partial charge in [0.25, 0.3) is 0 Å². The zero-order valence-corrected chi connectivity index (χ0v) is 13.6. The van der Waals surface area contributed by atoms with Gasteiger partial charge in [0.05, 0.1) is 14.2 Å². The highest BCUT2D eigenvalue weighted by molar-refractivity contribution is 5.78. The molecule has 0 unspecified atom stereocenters. The molecule has 6 heteroatoms. The van der Waals surface area contributed by atoms with E-state index < -0.39 is 13.6 Å². The van der Waals surface area contributed by atoms with Crippen molar-refractivity contribution in [1.29, 1.82) is 0 Å². The molecule has 2 N–H and O–H groups in total. The van der Waals surface area contributed by atoms with Crippen LogP contribution in [-0.4, -0.2) is 38.0 Å². The van der Waals surface area contributed by atoms with Gasteiger partial charge >= 0.3 is 0 Å². The summed E-state index contributed by atoms with van der Waals surface area (Å²) in [6.07, 6.45) is 3.68.